The molecule has 1 unspecified atom stereocenters. The molecule has 104 valence electrons. The van der Waals surface area contributed by atoms with E-state index in [1.807, 2.05) is 42.3 Å². The van der Waals surface area contributed by atoms with Crippen molar-refractivity contribution in [1.29, 1.82) is 0 Å². The van der Waals surface area contributed by atoms with E-state index in [0.717, 1.165) is 40.7 Å². The fourth-order valence-corrected chi connectivity index (χ4v) is 3.29. The van der Waals surface area contributed by atoms with Crippen LogP contribution in [0.4, 0.5) is 0 Å². The molecule has 0 spiro atoms. The quantitative estimate of drug-likeness (QED) is 0.884. The van der Waals surface area contributed by atoms with Crippen LogP contribution < -0.4 is 0 Å². The number of likely N-dealkylation sites (tertiary alicyclic amines) is 1. The second kappa shape index (κ2) is 5.44. The van der Waals surface area contributed by atoms with Gasteiger partial charge in [-0.1, -0.05) is 12.1 Å². The zero-order valence-corrected chi connectivity index (χ0v) is 13.0. The van der Waals surface area contributed by atoms with Gasteiger partial charge in [-0.2, -0.15) is 0 Å². The number of carbonyl (C=O) groups is 1. The summed E-state index contributed by atoms with van der Waals surface area (Å²) in [5.41, 5.74) is 2.97. The zero-order valence-electron chi connectivity index (χ0n) is 11.4. The van der Waals surface area contributed by atoms with Gasteiger partial charge in [-0.15, -0.1) is 0 Å². The molecule has 0 saturated carbocycles. The van der Waals surface area contributed by atoms with Crippen LogP contribution >= 0.6 is 15.9 Å². The molecule has 0 radical (unpaired) electrons. The number of aromatic amines is 1. The Labute approximate surface area is 127 Å². The normalized spacial score (nSPS) is 18.5. The van der Waals surface area contributed by atoms with Crippen LogP contribution in [0.3, 0.4) is 0 Å². The summed E-state index contributed by atoms with van der Waals surface area (Å²) in [6, 6.07) is 10.1. The molecule has 0 bridgehead atoms. The Bertz CT molecular complexity index is 621. The number of hydrogen-bond donors (Lipinski definition) is 1. The Morgan fingerprint density at radius 3 is 2.95 bits per heavy atom. The summed E-state index contributed by atoms with van der Waals surface area (Å²) in [6.45, 7) is 2.83. The summed E-state index contributed by atoms with van der Waals surface area (Å²) in [7, 11) is 0. The molecule has 1 N–H and O–H groups in total. The highest BCUT2D eigenvalue weighted by Gasteiger charge is 2.31. The first-order chi connectivity index (χ1) is 9.68. The Kier molecular flexibility index (Phi) is 3.66. The van der Waals surface area contributed by atoms with Crippen molar-refractivity contribution in [2.75, 3.05) is 6.54 Å². The minimum absolute atomic E-state index is 0.109. The molecule has 2 aromatic rings. The molecule has 1 amide bonds. The summed E-state index contributed by atoms with van der Waals surface area (Å²) >= 11 is 3.54. The third-order valence-corrected chi connectivity index (χ3v) is 4.97. The Morgan fingerprint density at radius 2 is 2.20 bits per heavy atom. The van der Waals surface area contributed by atoms with Gasteiger partial charge in [0.1, 0.15) is 0 Å². The van der Waals surface area contributed by atoms with Crippen molar-refractivity contribution in [2.24, 2.45) is 0 Å². The van der Waals surface area contributed by atoms with Crippen molar-refractivity contribution < 1.29 is 4.79 Å². The minimum atomic E-state index is 0.109. The summed E-state index contributed by atoms with van der Waals surface area (Å²) in [5.74, 6) is 0.109. The van der Waals surface area contributed by atoms with Gasteiger partial charge in [-0.05, 0) is 59.5 Å². The fraction of sp³-hybridized carbons (Fsp3) is 0.312. The van der Waals surface area contributed by atoms with Crippen molar-refractivity contribution in [2.45, 2.75) is 25.8 Å². The first-order valence-electron chi connectivity index (χ1n) is 6.88. The SMILES string of the molecule is Cc1cccc(C(=O)N2CCCC2c2ccc[nH]2)c1Br. The highest BCUT2D eigenvalue weighted by atomic mass is 79.9. The van der Waals surface area contributed by atoms with Gasteiger partial charge in [0.05, 0.1) is 11.6 Å². The molecular weight excluding hydrogens is 316 g/mol. The van der Waals surface area contributed by atoms with Gasteiger partial charge >= 0.3 is 0 Å². The van der Waals surface area contributed by atoms with E-state index in [4.69, 9.17) is 0 Å². The van der Waals surface area contributed by atoms with Gasteiger partial charge < -0.3 is 9.88 Å². The first kappa shape index (κ1) is 13.4. The Hall–Kier alpha value is -1.55. The number of nitrogens with zero attached hydrogens (tertiary/aromatic N) is 1. The summed E-state index contributed by atoms with van der Waals surface area (Å²) in [4.78, 5) is 18.0. The molecule has 4 heteroatoms. The lowest BCUT2D eigenvalue weighted by Gasteiger charge is -2.24. The maximum atomic E-state index is 12.8. The molecule has 1 saturated heterocycles. The maximum absolute atomic E-state index is 12.8. The van der Waals surface area contributed by atoms with E-state index in [-0.39, 0.29) is 11.9 Å². The van der Waals surface area contributed by atoms with Crippen molar-refractivity contribution in [1.82, 2.24) is 9.88 Å². The topological polar surface area (TPSA) is 36.1 Å². The number of H-pyrrole nitrogens is 1. The van der Waals surface area contributed by atoms with E-state index < -0.39 is 0 Å². The van der Waals surface area contributed by atoms with E-state index >= 15 is 0 Å². The number of nitrogens with one attached hydrogen (secondary N) is 1. The number of hydrogen-bond acceptors (Lipinski definition) is 1. The lowest BCUT2D eigenvalue weighted by molar-refractivity contribution is 0.0732. The average molecular weight is 333 g/mol. The monoisotopic (exact) mass is 332 g/mol. The summed E-state index contributed by atoms with van der Waals surface area (Å²) in [5, 5.41) is 0. The molecule has 1 aromatic carbocycles. The number of aromatic nitrogens is 1. The van der Waals surface area contributed by atoms with Crippen LogP contribution in [0.2, 0.25) is 0 Å². The lowest BCUT2D eigenvalue weighted by atomic mass is 10.1. The third-order valence-electron chi connectivity index (χ3n) is 3.92. The molecule has 3 rings (SSSR count). The standard InChI is InChI=1S/C16H17BrN2O/c1-11-5-2-6-12(15(11)17)16(20)19-10-4-8-14(19)13-7-3-9-18-13/h2-3,5-7,9,14,18H,4,8,10H2,1H3. The fourth-order valence-electron chi connectivity index (χ4n) is 2.85. The average Bonchev–Trinajstić information content (AvgIpc) is 3.10. The molecule has 1 aliphatic rings. The number of aryl methyl sites for hydroxylation is 1. The highest BCUT2D eigenvalue weighted by molar-refractivity contribution is 9.10. The van der Waals surface area contributed by atoms with Crippen LogP contribution in [0.15, 0.2) is 41.0 Å². The predicted octanol–water partition coefficient (Wildman–Crippen LogP) is 4.06. The first-order valence-corrected chi connectivity index (χ1v) is 7.67. The largest absolute Gasteiger partial charge is 0.363 e. The molecule has 0 aliphatic carbocycles. The van der Waals surface area contributed by atoms with E-state index in [0.29, 0.717) is 0 Å². The van der Waals surface area contributed by atoms with E-state index in [1.165, 1.54) is 0 Å². The predicted molar refractivity (Wildman–Crippen MR) is 82.7 cm³/mol. The van der Waals surface area contributed by atoms with E-state index in [1.54, 1.807) is 0 Å². The van der Waals surface area contributed by atoms with E-state index in [2.05, 4.69) is 27.0 Å². The van der Waals surface area contributed by atoms with E-state index in [9.17, 15) is 4.79 Å². The van der Waals surface area contributed by atoms with Crippen LogP contribution in [-0.4, -0.2) is 22.3 Å². The van der Waals surface area contributed by atoms with Crippen molar-refractivity contribution >= 4 is 21.8 Å². The number of halogens is 1. The number of carbonyl (C=O) groups excluding carboxylic acids is 1. The number of benzene rings is 1. The molecule has 1 aromatic heterocycles. The van der Waals surface area contributed by atoms with Gasteiger partial charge in [0.2, 0.25) is 0 Å². The van der Waals surface area contributed by atoms with Gasteiger partial charge in [-0.3, -0.25) is 4.79 Å². The number of rotatable bonds is 2. The highest BCUT2D eigenvalue weighted by Crippen LogP contribution is 2.33. The second-order valence-electron chi connectivity index (χ2n) is 5.22. The van der Waals surface area contributed by atoms with Crippen LogP contribution in [0.25, 0.3) is 0 Å². The Balaban J connectivity index is 1.92. The third kappa shape index (κ3) is 2.29. The lowest BCUT2D eigenvalue weighted by Crippen LogP contribution is -2.31. The van der Waals surface area contributed by atoms with Crippen molar-refractivity contribution in [3.8, 4) is 0 Å². The van der Waals surface area contributed by atoms with Gasteiger partial charge in [-0.25, -0.2) is 0 Å². The minimum Gasteiger partial charge on any atom is -0.363 e. The van der Waals surface area contributed by atoms with Crippen LogP contribution in [0, 0.1) is 6.92 Å². The molecule has 20 heavy (non-hydrogen) atoms. The van der Waals surface area contributed by atoms with Crippen LogP contribution in [0.5, 0.6) is 0 Å². The Morgan fingerprint density at radius 1 is 1.35 bits per heavy atom. The molecular formula is C16H17BrN2O. The smallest absolute Gasteiger partial charge is 0.255 e. The molecule has 1 fully saturated rings. The molecule has 3 nitrogen and oxygen atoms in total. The summed E-state index contributed by atoms with van der Waals surface area (Å²) < 4.78 is 0.905. The second-order valence-corrected chi connectivity index (χ2v) is 6.01. The maximum Gasteiger partial charge on any atom is 0.255 e. The molecule has 1 aliphatic heterocycles. The molecule has 1 atom stereocenters. The number of amides is 1. The van der Waals surface area contributed by atoms with Gasteiger partial charge in [0.25, 0.3) is 5.91 Å². The summed E-state index contributed by atoms with van der Waals surface area (Å²) in [6.07, 6.45) is 3.99. The molecule has 2 heterocycles. The van der Waals surface area contributed by atoms with Crippen molar-refractivity contribution in [3.63, 3.8) is 0 Å². The van der Waals surface area contributed by atoms with Crippen LogP contribution in [0.1, 0.15) is 40.5 Å². The van der Waals surface area contributed by atoms with Crippen LogP contribution in [-0.2, 0) is 0 Å². The zero-order chi connectivity index (χ0) is 14.1. The van der Waals surface area contributed by atoms with Gasteiger partial charge in [0, 0.05) is 22.9 Å². The van der Waals surface area contributed by atoms with Crippen molar-refractivity contribution in [3.05, 3.63) is 57.8 Å². The van der Waals surface area contributed by atoms with Gasteiger partial charge in [0.15, 0.2) is 0 Å².